The van der Waals surface area contributed by atoms with Gasteiger partial charge in [0.05, 0.1) is 21.7 Å². The smallest absolute Gasteiger partial charge is 0.255 e. The fourth-order valence-electron chi connectivity index (χ4n) is 2.32. The Morgan fingerprint density at radius 1 is 1.35 bits per heavy atom. The summed E-state index contributed by atoms with van der Waals surface area (Å²) >= 11 is 11.6. The number of carbonyl (C=O) groups is 1. The Labute approximate surface area is 127 Å². The summed E-state index contributed by atoms with van der Waals surface area (Å²) in [6.45, 7) is 3.80. The fourth-order valence-corrected chi connectivity index (χ4v) is 2.78. The molecule has 1 aliphatic heterocycles. The second-order valence-corrected chi connectivity index (χ2v) is 5.51. The van der Waals surface area contributed by atoms with Gasteiger partial charge < -0.3 is 9.64 Å². The number of amides is 1. The van der Waals surface area contributed by atoms with Crippen LogP contribution in [-0.4, -0.2) is 36.6 Å². The Kier molecular flexibility index (Phi) is 5.24. The maximum absolute atomic E-state index is 13.5. The number of ether oxygens (including phenoxy) is 1. The van der Waals surface area contributed by atoms with Crippen LogP contribution in [0.15, 0.2) is 12.1 Å². The lowest BCUT2D eigenvalue weighted by Gasteiger charge is -2.32. The van der Waals surface area contributed by atoms with Crippen molar-refractivity contribution >= 4 is 29.1 Å². The molecule has 0 unspecified atom stereocenters. The maximum Gasteiger partial charge on any atom is 0.255 e. The van der Waals surface area contributed by atoms with Crippen LogP contribution in [-0.2, 0) is 4.74 Å². The molecule has 0 aromatic heterocycles. The number of piperidine rings is 1. The molecule has 0 atom stereocenters. The highest BCUT2D eigenvalue weighted by Gasteiger charge is 2.25. The quantitative estimate of drug-likeness (QED) is 0.794. The number of nitrogens with zero attached hydrogens (tertiary/aromatic N) is 1. The van der Waals surface area contributed by atoms with E-state index >= 15 is 0 Å². The van der Waals surface area contributed by atoms with E-state index in [0.29, 0.717) is 19.7 Å². The third-order valence-corrected chi connectivity index (χ3v) is 3.97. The van der Waals surface area contributed by atoms with E-state index in [2.05, 4.69) is 0 Å². The molecule has 0 saturated carbocycles. The predicted octanol–water partition coefficient (Wildman–Crippen LogP) is 3.77. The first-order valence-electron chi connectivity index (χ1n) is 6.58. The van der Waals surface area contributed by atoms with Gasteiger partial charge in [0.25, 0.3) is 5.91 Å². The average Bonchev–Trinajstić information content (AvgIpc) is 2.43. The van der Waals surface area contributed by atoms with Gasteiger partial charge >= 0.3 is 0 Å². The number of carbonyl (C=O) groups excluding carboxylic acids is 1. The molecule has 1 saturated heterocycles. The minimum atomic E-state index is -0.636. The van der Waals surface area contributed by atoms with Crippen molar-refractivity contribution in [2.24, 2.45) is 0 Å². The predicted molar refractivity (Wildman–Crippen MR) is 77.0 cm³/mol. The van der Waals surface area contributed by atoms with E-state index in [-0.39, 0.29) is 27.6 Å². The molecule has 1 aliphatic rings. The van der Waals surface area contributed by atoms with Crippen LogP contribution in [0.1, 0.15) is 30.1 Å². The summed E-state index contributed by atoms with van der Waals surface area (Å²) in [6, 6.07) is 2.36. The van der Waals surface area contributed by atoms with Crippen LogP contribution in [0.5, 0.6) is 0 Å². The summed E-state index contributed by atoms with van der Waals surface area (Å²) < 4.78 is 19.0. The number of likely N-dealkylation sites (tertiary alicyclic amines) is 1. The van der Waals surface area contributed by atoms with Crippen molar-refractivity contribution in [3.8, 4) is 0 Å². The monoisotopic (exact) mass is 319 g/mol. The summed E-state index contributed by atoms with van der Waals surface area (Å²) in [4.78, 5) is 14.0. The summed E-state index contributed by atoms with van der Waals surface area (Å²) in [6.07, 6.45) is 1.77. The van der Waals surface area contributed by atoms with Crippen molar-refractivity contribution < 1.29 is 13.9 Å². The first-order chi connectivity index (χ1) is 9.52. The molecule has 20 heavy (non-hydrogen) atoms. The van der Waals surface area contributed by atoms with Crippen molar-refractivity contribution in [1.29, 1.82) is 0 Å². The van der Waals surface area contributed by atoms with E-state index in [9.17, 15) is 9.18 Å². The van der Waals surface area contributed by atoms with E-state index in [1.54, 1.807) is 4.90 Å². The Hall–Kier alpha value is -0.840. The van der Waals surface area contributed by atoms with Gasteiger partial charge in [-0.05, 0) is 31.9 Å². The lowest BCUT2D eigenvalue weighted by atomic mass is 10.1. The molecule has 1 aromatic rings. The molecule has 1 aromatic carbocycles. The molecular weight excluding hydrogens is 304 g/mol. The van der Waals surface area contributed by atoms with E-state index in [1.807, 2.05) is 6.92 Å². The van der Waals surface area contributed by atoms with Gasteiger partial charge in [0.2, 0.25) is 0 Å². The molecule has 110 valence electrons. The average molecular weight is 320 g/mol. The second-order valence-electron chi connectivity index (χ2n) is 4.69. The molecule has 2 rings (SSSR count). The lowest BCUT2D eigenvalue weighted by molar-refractivity contribution is 0.0146. The van der Waals surface area contributed by atoms with Crippen molar-refractivity contribution in [2.45, 2.75) is 25.9 Å². The molecule has 0 bridgehead atoms. The Morgan fingerprint density at radius 2 is 2.00 bits per heavy atom. The van der Waals surface area contributed by atoms with Crippen LogP contribution >= 0.6 is 23.2 Å². The van der Waals surface area contributed by atoms with Gasteiger partial charge in [-0.2, -0.15) is 0 Å². The number of benzene rings is 1. The van der Waals surface area contributed by atoms with Crippen LogP contribution in [0.4, 0.5) is 4.39 Å². The standard InChI is InChI=1S/C14H16Cl2FNO2/c1-2-20-9-3-5-18(6-4-9)14(19)10-7-13(17)12(16)8-11(10)15/h7-9H,2-6H2,1H3. The van der Waals surface area contributed by atoms with Crippen molar-refractivity contribution in [1.82, 2.24) is 4.90 Å². The van der Waals surface area contributed by atoms with Crippen molar-refractivity contribution in [2.75, 3.05) is 19.7 Å². The molecule has 6 heteroatoms. The van der Waals surface area contributed by atoms with Crippen LogP contribution in [0, 0.1) is 5.82 Å². The molecule has 1 heterocycles. The zero-order chi connectivity index (χ0) is 14.7. The number of halogens is 3. The molecule has 0 aliphatic carbocycles. The molecule has 0 N–H and O–H groups in total. The zero-order valence-corrected chi connectivity index (χ0v) is 12.7. The van der Waals surface area contributed by atoms with Crippen molar-refractivity contribution in [3.63, 3.8) is 0 Å². The van der Waals surface area contributed by atoms with Gasteiger partial charge in [-0.25, -0.2) is 4.39 Å². The van der Waals surface area contributed by atoms with Crippen LogP contribution in [0.2, 0.25) is 10.0 Å². The molecule has 1 fully saturated rings. The highest BCUT2D eigenvalue weighted by molar-refractivity contribution is 6.36. The van der Waals surface area contributed by atoms with E-state index in [0.717, 1.165) is 18.9 Å². The first-order valence-corrected chi connectivity index (χ1v) is 7.34. The van der Waals surface area contributed by atoms with E-state index in [4.69, 9.17) is 27.9 Å². The summed E-state index contributed by atoms with van der Waals surface area (Å²) in [7, 11) is 0. The summed E-state index contributed by atoms with van der Waals surface area (Å²) in [5.74, 6) is -0.899. The fraction of sp³-hybridized carbons (Fsp3) is 0.500. The third-order valence-electron chi connectivity index (χ3n) is 3.37. The number of hydrogen-bond donors (Lipinski definition) is 0. The number of rotatable bonds is 3. The number of hydrogen-bond acceptors (Lipinski definition) is 2. The van der Waals surface area contributed by atoms with Gasteiger partial charge in [-0.15, -0.1) is 0 Å². The van der Waals surface area contributed by atoms with Gasteiger partial charge in [0.1, 0.15) is 5.82 Å². The summed E-state index contributed by atoms with van der Waals surface area (Å²) in [5.41, 5.74) is 0.156. The Morgan fingerprint density at radius 3 is 2.60 bits per heavy atom. The Balaban J connectivity index is 2.07. The minimum Gasteiger partial charge on any atom is -0.378 e. The molecule has 0 radical (unpaired) electrons. The topological polar surface area (TPSA) is 29.5 Å². The van der Waals surface area contributed by atoms with Gasteiger partial charge in [0, 0.05) is 19.7 Å². The highest BCUT2D eigenvalue weighted by Crippen LogP contribution is 2.26. The van der Waals surface area contributed by atoms with Crippen LogP contribution in [0.25, 0.3) is 0 Å². The molecule has 0 spiro atoms. The SMILES string of the molecule is CCOC1CCN(C(=O)c2cc(F)c(Cl)cc2Cl)CC1. The van der Waals surface area contributed by atoms with E-state index < -0.39 is 5.82 Å². The third kappa shape index (κ3) is 3.43. The van der Waals surface area contributed by atoms with E-state index in [1.165, 1.54) is 6.07 Å². The van der Waals surface area contributed by atoms with Crippen LogP contribution < -0.4 is 0 Å². The second kappa shape index (κ2) is 6.74. The van der Waals surface area contributed by atoms with Crippen LogP contribution in [0.3, 0.4) is 0 Å². The van der Waals surface area contributed by atoms with Crippen molar-refractivity contribution in [3.05, 3.63) is 33.6 Å². The first kappa shape index (κ1) is 15.5. The summed E-state index contributed by atoms with van der Waals surface area (Å²) in [5, 5.41) is 0.0925. The molecule has 3 nitrogen and oxygen atoms in total. The maximum atomic E-state index is 13.5. The van der Waals surface area contributed by atoms with Gasteiger partial charge in [0.15, 0.2) is 0 Å². The molecular formula is C14H16Cl2FNO2. The lowest BCUT2D eigenvalue weighted by Crippen LogP contribution is -2.41. The zero-order valence-electron chi connectivity index (χ0n) is 11.2. The van der Waals surface area contributed by atoms with Gasteiger partial charge in [-0.3, -0.25) is 4.79 Å². The largest absolute Gasteiger partial charge is 0.378 e. The molecule has 1 amide bonds. The Bertz CT molecular complexity index is 502. The minimum absolute atomic E-state index is 0.0818. The normalized spacial score (nSPS) is 16.5. The van der Waals surface area contributed by atoms with Gasteiger partial charge in [-0.1, -0.05) is 23.2 Å². The highest BCUT2D eigenvalue weighted by atomic mass is 35.5.